The van der Waals surface area contributed by atoms with Crippen molar-refractivity contribution in [2.45, 2.75) is 83.2 Å². The van der Waals surface area contributed by atoms with Crippen molar-refractivity contribution in [3.05, 3.63) is 48.0 Å². The molecule has 4 nitrogen and oxygen atoms in total. The van der Waals surface area contributed by atoms with Gasteiger partial charge in [0.2, 0.25) is 11.8 Å². The summed E-state index contributed by atoms with van der Waals surface area (Å²) in [6.45, 7) is 2.98. The maximum Gasteiger partial charge on any atom is 0.222 e. The summed E-state index contributed by atoms with van der Waals surface area (Å²) < 4.78 is 0. The molecular formula is C27H36N2O2. The molecule has 1 N–H and O–H groups in total. The van der Waals surface area contributed by atoms with Gasteiger partial charge in [-0.1, -0.05) is 55.3 Å². The van der Waals surface area contributed by atoms with E-state index in [2.05, 4.69) is 34.5 Å². The summed E-state index contributed by atoms with van der Waals surface area (Å²) in [6.07, 6.45) is 10.1. The minimum Gasteiger partial charge on any atom is -0.350 e. The predicted molar refractivity (Wildman–Crippen MR) is 126 cm³/mol. The SMILES string of the molecule is CC(NC(=O)CCCCC(=O)N1CCCC2CCCCC21)c1cccc2ccccc12. The fourth-order valence-electron chi connectivity index (χ4n) is 5.66. The second-order valence-electron chi connectivity index (χ2n) is 9.41. The molecule has 2 aliphatic rings. The number of unbranched alkanes of at least 4 members (excludes halogenated alkanes) is 1. The maximum atomic E-state index is 12.8. The first-order valence-corrected chi connectivity index (χ1v) is 12.2. The van der Waals surface area contributed by atoms with E-state index in [-0.39, 0.29) is 11.9 Å². The molecule has 2 amide bonds. The highest BCUT2D eigenvalue weighted by molar-refractivity contribution is 5.87. The number of nitrogens with zero attached hydrogens (tertiary/aromatic N) is 1. The number of carbonyl (C=O) groups excluding carboxylic acids is 2. The van der Waals surface area contributed by atoms with Gasteiger partial charge in [0.15, 0.2) is 0 Å². The van der Waals surface area contributed by atoms with E-state index in [1.165, 1.54) is 42.9 Å². The third kappa shape index (κ3) is 5.28. The van der Waals surface area contributed by atoms with Gasteiger partial charge in [0, 0.05) is 25.4 Å². The van der Waals surface area contributed by atoms with Gasteiger partial charge in [0.25, 0.3) is 0 Å². The summed E-state index contributed by atoms with van der Waals surface area (Å²) in [7, 11) is 0. The van der Waals surface area contributed by atoms with E-state index in [1.807, 2.05) is 25.1 Å². The number of fused-ring (bicyclic) bond motifs is 2. The molecule has 31 heavy (non-hydrogen) atoms. The van der Waals surface area contributed by atoms with Gasteiger partial charge >= 0.3 is 0 Å². The third-order valence-electron chi connectivity index (χ3n) is 7.28. The topological polar surface area (TPSA) is 49.4 Å². The highest BCUT2D eigenvalue weighted by Gasteiger charge is 2.35. The molecule has 3 unspecified atom stereocenters. The highest BCUT2D eigenvalue weighted by atomic mass is 16.2. The molecule has 4 rings (SSSR count). The van der Waals surface area contributed by atoms with Crippen LogP contribution < -0.4 is 5.32 Å². The molecule has 3 atom stereocenters. The quantitative estimate of drug-likeness (QED) is 0.579. The fourth-order valence-corrected chi connectivity index (χ4v) is 5.66. The second kappa shape index (κ2) is 10.3. The Bertz CT molecular complexity index is 902. The Morgan fingerprint density at radius 1 is 0.968 bits per heavy atom. The van der Waals surface area contributed by atoms with Gasteiger partial charge in [-0.15, -0.1) is 0 Å². The van der Waals surface area contributed by atoms with E-state index in [4.69, 9.17) is 0 Å². The first-order chi connectivity index (χ1) is 15.1. The van der Waals surface area contributed by atoms with E-state index in [1.54, 1.807) is 0 Å². The number of hydrogen-bond acceptors (Lipinski definition) is 2. The number of likely N-dealkylation sites (tertiary alicyclic amines) is 1. The minimum atomic E-state index is -0.0307. The molecule has 1 aliphatic heterocycles. The fraction of sp³-hybridized carbons (Fsp3) is 0.556. The van der Waals surface area contributed by atoms with Crippen LogP contribution >= 0.6 is 0 Å². The number of piperidine rings is 1. The summed E-state index contributed by atoms with van der Waals surface area (Å²) in [6, 6.07) is 15.0. The van der Waals surface area contributed by atoms with Crippen molar-refractivity contribution in [3.8, 4) is 0 Å². The summed E-state index contributed by atoms with van der Waals surface area (Å²) in [5.74, 6) is 1.10. The lowest BCUT2D eigenvalue weighted by Crippen LogP contribution is -2.49. The zero-order chi connectivity index (χ0) is 21.6. The number of nitrogens with one attached hydrogen (secondary N) is 1. The van der Waals surface area contributed by atoms with Crippen molar-refractivity contribution < 1.29 is 9.59 Å². The van der Waals surface area contributed by atoms with Crippen LogP contribution in [0, 0.1) is 5.92 Å². The Morgan fingerprint density at radius 2 is 1.71 bits per heavy atom. The molecule has 0 spiro atoms. The molecule has 2 aromatic rings. The zero-order valence-corrected chi connectivity index (χ0v) is 18.8. The van der Waals surface area contributed by atoms with Crippen molar-refractivity contribution in [1.29, 1.82) is 0 Å². The molecule has 1 aliphatic carbocycles. The molecule has 2 aromatic carbocycles. The predicted octanol–water partition coefficient (Wildman–Crippen LogP) is 5.76. The molecular weight excluding hydrogens is 384 g/mol. The van der Waals surface area contributed by atoms with E-state index in [0.717, 1.165) is 37.3 Å². The van der Waals surface area contributed by atoms with Gasteiger partial charge in [-0.05, 0) is 67.7 Å². The van der Waals surface area contributed by atoms with E-state index in [9.17, 15) is 9.59 Å². The van der Waals surface area contributed by atoms with Crippen LogP contribution in [0.25, 0.3) is 10.8 Å². The molecule has 1 saturated heterocycles. The molecule has 0 radical (unpaired) electrons. The molecule has 1 heterocycles. The lowest BCUT2D eigenvalue weighted by Gasteiger charge is -2.44. The standard InChI is InChI=1S/C27H36N2O2/c1-20(23-15-8-12-21-10-2-4-14-24(21)23)28-26(30)17-6-7-18-27(31)29-19-9-13-22-11-3-5-16-25(22)29/h2,4,8,10,12,14-15,20,22,25H,3,5-7,9,11,13,16-19H2,1H3,(H,28,30). The molecule has 0 bridgehead atoms. The zero-order valence-electron chi connectivity index (χ0n) is 18.8. The van der Waals surface area contributed by atoms with Gasteiger partial charge in [-0.25, -0.2) is 0 Å². The average Bonchev–Trinajstić information content (AvgIpc) is 2.81. The average molecular weight is 421 g/mol. The lowest BCUT2D eigenvalue weighted by molar-refractivity contribution is -0.137. The summed E-state index contributed by atoms with van der Waals surface area (Å²) in [5, 5.41) is 5.52. The Hall–Kier alpha value is -2.36. The van der Waals surface area contributed by atoms with E-state index in [0.29, 0.717) is 24.8 Å². The van der Waals surface area contributed by atoms with Crippen LogP contribution in [0.3, 0.4) is 0 Å². The first kappa shape index (κ1) is 21.9. The molecule has 4 heteroatoms. The van der Waals surface area contributed by atoms with Crippen LogP contribution in [-0.4, -0.2) is 29.3 Å². The summed E-state index contributed by atoms with van der Waals surface area (Å²) in [4.78, 5) is 27.5. The normalized spacial score (nSPS) is 22.0. The van der Waals surface area contributed by atoms with Gasteiger partial charge < -0.3 is 10.2 Å². The van der Waals surface area contributed by atoms with Crippen molar-refractivity contribution >= 4 is 22.6 Å². The Kier molecular flexibility index (Phi) is 7.26. The number of hydrogen-bond donors (Lipinski definition) is 1. The Balaban J connectivity index is 1.22. The van der Waals surface area contributed by atoms with Crippen LogP contribution in [0.4, 0.5) is 0 Å². The van der Waals surface area contributed by atoms with Gasteiger partial charge in [0.05, 0.1) is 6.04 Å². The monoisotopic (exact) mass is 420 g/mol. The number of carbonyl (C=O) groups is 2. The smallest absolute Gasteiger partial charge is 0.222 e. The van der Waals surface area contributed by atoms with Gasteiger partial charge in [-0.2, -0.15) is 0 Å². The maximum absolute atomic E-state index is 12.8. The summed E-state index contributed by atoms with van der Waals surface area (Å²) in [5.41, 5.74) is 1.15. The molecule has 166 valence electrons. The van der Waals surface area contributed by atoms with E-state index >= 15 is 0 Å². The molecule has 1 saturated carbocycles. The van der Waals surface area contributed by atoms with E-state index < -0.39 is 0 Å². The number of amides is 2. The number of benzene rings is 2. The molecule has 2 fully saturated rings. The van der Waals surface area contributed by atoms with Gasteiger partial charge in [0.1, 0.15) is 0 Å². The second-order valence-corrected chi connectivity index (χ2v) is 9.41. The van der Waals surface area contributed by atoms with Crippen LogP contribution in [0.15, 0.2) is 42.5 Å². The number of rotatable bonds is 7. The molecule has 0 aromatic heterocycles. The third-order valence-corrected chi connectivity index (χ3v) is 7.28. The highest BCUT2D eigenvalue weighted by Crippen LogP contribution is 2.35. The van der Waals surface area contributed by atoms with Crippen molar-refractivity contribution in [2.75, 3.05) is 6.54 Å². The van der Waals surface area contributed by atoms with Crippen molar-refractivity contribution in [3.63, 3.8) is 0 Å². The van der Waals surface area contributed by atoms with Crippen LogP contribution in [-0.2, 0) is 9.59 Å². The van der Waals surface area contributed by atoms with Crippen LogP contribution in [0.5, 0.6) is 0 Å². The first-order valence-electron chi connectivity index (χ1n) is 12.2. The van der Waals surface area contributed by atoms with Crippen LogP contribution in [0.1, 0.15) is 82.7 Å². The Labute approximate surface area is 186 Å². The van der Waals surface area contributed by atoms with Crippen LogP contribution in [0.2, 0.25) is 0 Å². The summed E-state index contributed by atoms with van der Waals surface area (Å²) >= 11 is 0. The Morgan fingerprint density at radius 3 is 2.61 bits per heavy atom. The van der Waals surface area contributed by atoms with Crippen molar-refractivity contribution in [1.82, 2.24) is 10.2 Å². The van der Waals surface area contributed by atoms with Gasteiger partial charge in [-0.3, -0.25) is 9.59 Å². The largest absolute Gasteiger partial charge is 0.350 e. The van der Waals surface area contributed by atoms with Crippen molar-refractivity contribution in [2.24, 2.45) is 5.92 Å². The lowest BCUT2D eigenvalue weighted by atomic mass is 9.78. The minimum absolute atomic E-state index is 0.0307.